The van der Waals surface area contributed by atoms with Crippen LogP contribution in [-0.2, 0) is 9.31 Å². The van der Waals surface area contributed by atoms with Crippen molar-refractivity contribution in [1.82, 2.24) is 0 Å². The van der Waals surface area contributed by atoms with Gasteiger partial charge < -0.3 is 13.7 Å². The van der Waals surface area contributed by atoms with Gasteiger partial charge in [0.15, 0.2) is 0 Å². The van der Waals surface area contributed by atoms with E-state index in [2.05, 4.69) is 6.58 Å². The molecule has 1 aromatic rings. The molecule has 1 aromatic heterocycles. The van der Waals surface area contributed by atoms with Crippen LogP contribution in [0.1, 0.15) is 40.2 Å². The quantitative estimate of drug-likeness (QED) is 0.776. The van der Waals surface area contributed by atoms with Gasteiger partial charge in [-0.2, -0.15) is 0 Å². The molecule has 0 saturated carbocycles. The van der Waals surface area contributed by atoms with Gasteiger partial charge in [0.2, 0.25) is 0 Å². The normalized spacial score (nSPS) is 22.6. The van der Waals surface area contributed by atoms with E-state index in [0.717, 1.165) is 21.7 Å². The van der Waals surface area contributed by atoms with Crippen LogP contribution in [0.3, 0.4) is 0 Å². The second kappa shape index (κ2) is 4.94. The first-order valence-corrected chi connectivity index (χ1v) is 6.94. The predicted octanol–water partition coefficient (Wildman–Crippen LogP) is 2.36. The summed E-state index contributed by atoms with van der Waals surface area (Å²) in [6.07, 6.45) is 5.67. The fourth-order valence-corrected chi connectivity index (χ4v) is 2.13. The Bertz CT molecular complexity index is 621. The second-order valence-corrected chi connectivity index (χ2v) is 6.29. The van der Waals surface area contributed by atoms with Crippen LogP contribution >= 0.6 is 0 Å². The molecule has 0 amide bonds. The Kier molecular flexibility index (Phi) is 3.74. The average Bonchev–Trinajstić information content (AvgIpc) is 2.78. The maximum atomic E-state index is 5.99. The molecule has 0 N–H and O–H groups in total. The third-order valence-corrected chi connectivity index (χ3v) is 4.20. The highest BCUT2D eigenvalue weighted by molar-refractivity contribution is 6.57. The van der Waals surface area contributed by atoms with Crippen molar-refractivity contribution in [1.29, 1.82) is 0 Å². The first kappa shape index (κ1) is 15.1. The number of furan rings is 1. The summed E-state index contributed by atoms with van der Waals surface area (Å²) in [5.74, 6) is 0. The van der Waals surface area contributed by atoms with Crippen molar-refractivity contribution in [2.75, 3.05) is 0 Å². The van der Waals surface area contributed by atoms with Crippen molar-refractivity contribution in [2.45, 2.75) is 52.7 Å². The molecule has 0 bridgehead atoms. The molecule has 3 nitrogen and oxygen atoms in total. The van der Waals surface area contributed by atoms with Gasteiger partial charge in [-0.25, -0.2) is 0 Å². The number of hydrogen-bond donors (Lipinski definition) is 0. The molecule has 1 aliphatic heterocycles. The summed E-state index contributed by atoms with van der Waals surface area (Å²) in [7, 11) is -0.418. The van der Waals surface area contributed by atoms with Gasteiger partial charge in [0, 0.05) is 5.22 Å². The molecule has 1 saturated heterocycles. The largest absolute Gasteiger partial charge is 0.494 e. The van der Waals surface area contributed by atoms with Crippen molar-refractivity contribution in [3.05, 3.63) is 34.5 Å². The number of rotatable bonds is 2. The molecular formula is C16H23BO3. The van der Waals surface area contributed by atoms with Crippen LogP contribution in [0.4, 0.5) is 0 Å². The zero-order valence-corrected chi connectivity index (χ0v) is 13.2. The van der Waals surface area contributed by atoms with E-state index in [0.29, 0.717) is 0 Å². The predicted molar refractivity (Wildman–Crippen MR) is 82.5 cm³/mol. The zero-order valence-electron chi connectivity index (χ0n) is 13.2. The lowest BCUT2D eigenvalue weighted by molar-refractivity contribution is 0.00578. The summed E-state index contributed by atoms with van der Waals surface area (Å²) in [5.41, 5.74) is 2.03. The Labute approximate surface area is 121 Å². The highest BCUT2D eigenvalue weighted by Crippen LogP contribution is 2.38. The molecule has 0 unspecified atom stereocenters. The van der Waals surface area contributed by atoms with Crippen LogP contribution in [0.5, 0.6) is 0 Å². The second-order valence-electron chi connectivity index (χ2n) is 6.29. The standard InChI is InChI=1S/C16H23BO3/c1-8-14-13(11(2)10-18-14)9-12(3)17-19-15(4,5)16(6,7)20-17/h8-10H,3H2,1-2,4-7H3/b13-9-,14-8+. The third-order valence-electron chi connectivity index (χ3n) is 4.20. The van der Waals surface area contributed by atoms with E-state index in [1.807, 2.05) is 53.7 Å². The third kappa shape index (κ3) is 2.50. The average molecular weight is 274 g/mol. The topological polar surface area (TPSA) is 31.6 Å². The zero-order chi connectivity index (χ0) is 15.1. The number of allylic oxidation sites excluding steroid dienone is 1. The smallest absolute Gasteiger partial charge is 0.464 e. The highest BCUT2D eigenvalue weighted by atomic mass is 16.7. The molecule has 108 valence electrons. The van der Waals surface area contributed by atoms with Gasteiger partial charge in [-0.3, -0.25) is 0 Å². The molecule has 1 fully saturated rings. The molecule has 2 heterocycles. The Morgan fingerprint density at radius 3 is 2.25 bits per heavy atom. The minimum absolute atomic E-state index is 0.348. The lowest BCUT2D eigenvalue weighted by Gasteiger charge is -2.32. The van der Waals surface area contributed by atoms with Crippen molar-refractivity contribution < 1.29 is 13.7 Å². The molecule has 1 aliphatic rings. The van der Waals surface area contributed by atoms with Gasteiger partial charge in [0.25, 0.3) is 0 Å². The van der Waals surface area contributed by atoms with Gasteiger partial charge in [-0.1, -0.05) is 12.7 Å². The number of aryl methyl sites for hydroxylation is 1. The Balaban J connectivity index is 2.34. The van der Waals surface area contributed by atoms with Crippen molar-refractivity contribution >= 4 is 19.3 Å². The van der Waals surface area contributed by atoms with Gasteiger partial charge in [-0.05, 0) is 58.7 Å². The van der Waals surface area contributed by atoms with Crippen molar-refractivity contribution in [2.24, 2.45) is 0 Å². The Morgan fingerprint density at radius 2 is 1.75 bits per heavy atom. The molecule has 20 heavy (non-hydrogen) atoms. The van der Waals surface area contributed by atoms with Crippen LogP contribution in [0.2, 0.25) is 0 Å². The Hall–Kier alpha value is -1.26. The van der Waals surface area contributed by atoms with E-state index in [1.54, 1.807) is 6.26 Å². The summed E-state index contributed by atoms with van der Waals surface area (Å²) in [6.45, 7) is 16.2. The fraction of sp³-hybridized carbons (Fsp3) is 0.500. The first-order chi connectivity index (χ1) is 9.18. The molecule has 0 atom stereocenters. The van der Waals surface area contributed by atoms with Crippen LogP contribution in [0.25, 0.3) is 12.2 Å². The van der Waals surface area contributed by atoms with Crippen LogP contribution in [0.15, 0.2) is 22.7 Å². The fourth-order valence-electron chi connectivity index (χ4n) is 2.13. The summed E-state index contributed by atoms with van der Waals surface area (Å²) < 4.78 is 17.5. The van der Waals surface area contributed by atoms with Crippen LogP contribution in [-0.4, -0.2) is 18.3 Å². The van der Waals surface area contributed by atoms with Gasteiger partial charge in [-0.15, -0.1) is 0 Å². The molecule has 0 spiro atoms. The van der Waals surface area contributed by atoms with Crippen molar-refractivity contribution in [3.63, 3.8) is 0 Å². The van der Waals surface area contributed by atoms with E-state index in [4.69, 9.17) is 13.7 Å². The highest BCUT2D eigenvalue weighted by Gasteiger charge is 2.51. The molecule has 0 aliphatic carbocycles. The van der Waals surface area contributed by atoms with Crippen LogP contribution in [0, 0.1) is 6.92 Å². The SMILES string of the molecule is C=C(/C=c1/c(C)co/c1=C/C)B1OC(C)(C)C(C)(C)O1. The minimum atomic E-state index is -0.418. The summed E-state index contributed by atoms with van der Waals surface area (Å²) >= 11 is 0. The minimum Gasteiger partial charge on any atom is -0.464 e. The molecule has 2 rings (SSSR count). The lowest BCUT2D eigenvalue weighted by Crippen LogP contribution is -2.41. The molecule has 0 aromatic carbocycles. The van der Waals surface area contributed by atoms with E-state index < -0.39 is 7.12 Å². The molecule has 4 heteroatoms. The monoisotopic (exact) mass is 274 g/mol. The number of hydrogen-bond acceptors (Lipinski definition) is 3. The first-order valence-electron chi connectivity index (χ1n) is 6.94. The summed E-state index contributed by atoms with van der Waals surface area (Å²) in [4.78, 5) is 0. The lowest BCUT2D eigenvalue weighted by atomic mass is 9.79. The van der Waals surface area contributed by atoms with Gasteiger partial charge in [0.05, 0.1) is 17.5 Å². The van der Waals surface area contributed by atoms with Gasteiger partial charge in [0.1, 0.15) is 5.42 Å². The van der Waals surface area contributed by atoms with Crippen LogP contribution < -0.4 is 10.6 Å². The van der Waals surface area contributed by atoms with E-state index in [1.165, 1.54) is 0 Å². The molecular weight excluding hydrogens is 251 g/mol. The van der Waals surface area contributed by atoms with Gasteiger partial charge >= 0.3 is 7.12 Å². The van der Waals surface area contributed by atoms with E-state index >= 15 is 0 Å². The Morgan fingerprint density at radius 1 is 1.20 bits per heavy atom. The maximum Gasteiger partial charge on any atom is 0.494 e. The van der Waals surface area contributed by atoms with E-state index in [9.17, 15) is 0 Å². The summed E-state index contributed by atoms with van der Waals surface area (Å²) in [6, 6.07) is 0. The van der Waals surface area contributed by atoms with E-state index in [-0.39, 0.29) is 11.2 Å². The molecule has 0 radical (unpaired) electrons. The maximum absolute atomic E-state index is 5.99. The summed E-state index contributed by atoms with van der Waals surface area (Å²) in [5, 5.41) is 1.03. The van der Waals surface area contributed by atoms with Crippen molar-refractivity contribution in [3.8, 4) is 0 Å².